The van der Waals surface area contributed by atoms with E-state index in [2.05, 4.69) is 24.2 Å². The number of hydrogen-bond acceptors (Lipinski definition) is 11. The summed E-state index contributed by atoms with van der Waals surface area (Å²) in [4.78, 5) is 11.6. The van der Waals surface area contributed by atoms with Gasteiger partial charge in [0.05, 0.1) is 17.6 Å². The van der Waals surface area contributed by atoms with Crippen molar-refractivity contribution in [2.24, 2.45) is 5.14 Å². The van der Waals surface area contributed by atoms with Gasteiger partial charge in [0.25, 0.3) is 0 Å². The first-order valence-corrected chi connectivity index (χ1v) is 11.5. The third-order valence-corrected chi connectivity index (χ3v) is 6.08. The van der Waals surface area contributed by atoms with Gasteiger partial charge in [0.2, 0.25) is 0 Å². The van der Waals surface area contributed by atoms with Crippen molar-refractivity contribution in [3.63, 3.8) is 0 Å². The Kier molecular flexibility index (Phi) is 6.38. The maximum absolute atomic E-state index is 14.9. The lowest BCUT2D eigenvalue weighted by Gasteiger charge is -2.14. The fraction of sp³-hybridized carbons (Fsp3) is 0.375. The van der Waals surface area contributed by atoms with Gasteiger partial charge in [-0.05, 0) is 23.9 Å². The summed E-state index contributed by atoms with van der Waals surface area (Å²) in [5.74, 6) is -0.0614. The molecular formula is C16H15F4N7O5S2. The van der Waals surface area contributed by atoms with Crippen molar-refractivity contribution in [3.05, 3.63) is 30.2 Å². The predicted molar refractivity (Wildman–Crippen MR) is 107 cm³/mol. The number of halogens is 4. The molecule has 3 aromatic rings. The summed E-state index contributed by atoms with van der Waals surface area (Å²) in [7, 11) is -4.37. The van der Waals surface area contributed by atoms with Crippen molar-refractivity contribution >= 4 is 38.9 Å². The highest BCUT2D eigenvalue weighted by atomic mass is 32.2. The third-order valence-electron chi connectivity index (χ3n) is 4.68. The lowest BCUT2D eigenvalue weighted by Crippen LogP contribution is -2.33. The SMILES string of the molecule is Nc1ncnc2c1c(Sc1ccc(C(F)(F)F)cn1)nn2[C@@H]1O[C@H](COS(N)(=O)=O)[C@@H](O)[C@@H]1F. The Morgan fingerprint density at radius 3 is 2.62 bits per heavy atom. The summed E-state index contributed by atoms with van der Waals surface area (Å²) in [5.41, 5.74) is 4.96. The van der Waals surface area contributed by atoms with E-state index < -0.39 is 53.3 Å². The summed E-state index contributed by atoms with van der Waals surface area (Å²) in [6.45, 7) is -0.760. The van der Waals surface area contributed by atoms with Gasteiger partial charge >= 0.3 is 16.5 Å². The molecule has 34 heavy (non-hydrogen) atoms. The topological polar surface area (TPSA) is 181 Å². The van der Waals surface area contributed by atoms with E-state index in [0.29, 0.717) is 6.20 Å². The average Bonchev–Trinajstić information content (AvgIpc) is 3.24. The number of rotatable bonds is 6. The number of hydrogen-bond donors (Lipinski definition) is 3. The fourth-order valence-electron chi connectivity index (χ4n) is 3.12. The van der Waals surface area contributed by atoms with E-state index in [-0.39, 0.29) is 26.9 Å². The van der Waals surface area contributed by atoms with Gasteiger partial charge in [-0.3, -0.25) is 4.18 Å². The molecule has 0 bridgehead atoms. The van der Waals surface area contributed by atoms with Crippen LogP contribution in [0.25, 0.3) is 11.0 Å². The van der Waals surface area contributed by atoms with Crippen LogP contribution in [0, 0.1) is 0 Å². The van der Waals surface area contributed by atoms with Crippen LogP contribution in [-0.2, 0) is 25.4 Å². The number of aromatic nitrogens is 5. The zero-order valence-electron chi connectivity index (χ0n) is 16.6. The molecule has 0 aromatic carbocycles. The van der Waals surface area contributed by atoms with Crippen LogP contribution in [0.5, 0.6) is 0 Å². The molecule has 0 aliphatic carbocycles. The van der Waals surface area contributed by atoms with E-state index in [9.17, 15) is 31.1 Å². The first-order valence-electron chi connectivity index (χ1n) is 9.19. The minimum atomic E-state index is -4.57. The van der Waals surface area contributed by atoms with E-state index in [1.807, 2.05) is 0 Å². The number of ether oxygens (including phenoxy) is 1. The van der Waals surface area contributed by atoms with E-state index in [4.69, 9.17) is 15.6 Å². The van der Waals surface area contributed by atoms with Crippen LogP contribution < -0.4 is 10.9 Å². The van der Waals surface area contributed by atoms with Crippen LogP contribution in [0.2, 0.25) is 0 Å². The Hall–Kier alpha value is -2.64. The number of aliphatic hydroxyl groups excluding tert-OH is 1. The Bertz CT molecular complexity index is 1310. The van der Waals surface area contributed by atoms with Crippen LogP contribution in [0.4, 0.5) is 23.4 Å². The largest absolute Gasteiger partial charge is 0.417 e. The Balaban J connectivity index is 1.67. The first kappa shape index (κ1) is 24.5. The molecule has 5 N–H and O–H groups in total. The predicted octanol–water partition coefficient (Wildman–Crippen LogP) is 0.790. The highest BCUT2D eigenvalue weighted by Crippen LogP contribution is 2.39. The number of aliphatic hydroxyl groups is 1. The number of nitrogen functional groups attached to an aromatic ring is 1. The molecule has 1 aliphatic rings. The number of nitrogens with zero attached hydrogens (tertiary/aromatic N) is 5. The molecule has 4 heterocycles. The summed E-state index contributed by atoms with van der Waals surface area (Å²) >= 11 is 0.815. The molecule has 0 amide bonds. The molecule has 3 aromatic heterocycles. The van der Waals surface area contributed by atoms with E-state index in [1.165, 1.54) is 0 Å². The molecule has 18 heteroatoms. The summed E-state index contributed by atoms with van der Waals surface area (Å²) in [6, 6.07) is 1.95. The molecular weight excluding hydrogens is 510 g/mol. The van der Waals surface area contributed by atoms with Crippen LogP contribution >= 0.6 is 11.8 Å². The lowest BCUT2D eigenvalue weighted by atomic mass is 10.1. The van der Waals surface area contributed by atoms with Crippen LogP contribution in [-0.4, -0.2) is 63.2 Å². The summed E-state index contributed by atoms with van der Waals surface area (Å²) < 4.78 is 86.0. The zero-order chi connectivity index (χ0) is 24.8. The highest BCUT2D eigenvalue weighted by Gasteiger charge is 2.47. The number of anilines is 1. The minimum Gasteiger partial charge on any atom is -0.387 e. The highest BCUT2D eigenvalue weighted by molar-refractivity contribution is 7.99. The molecule has 1 fully saturated rings. The molecule has 4 atom stereocenters. The second kappa shape index (κ2) is 8.86. The van der Waals surface area contributed by atoms with Gasteiger partial charge in [-0.25, -0.2) is 29.2 Å². The number of fused-ring (bicyclic) bond motifs is 1. The summed E-state index contributed by atoms with van der Waals surface area (Å²) in [5, 5.41) is 19.4. The molecule has 0 radical (unpaired) electrons. The quantitative estimate of drug-likeness (QED) is 0.387. The van der Waals surface area contributed by atoms with Gasteiger partial charge in [-0.2, -0.15) is 26.7 Å². The molecule has 0 unspecified atom stereocenters. The molecule has 1 aliphatic heterocycles. The third kappa shape index (κ3) is 4.91. The maximum atomic E-state index is 14.9. The monoisotopic (exact) mass is 525 g/mol. The zero-order valence-corrected chi connectivity index (χ0v) is 18.3. The maximum Gasteiger partial charge on any atom is 0.417 e. The van der Waals surface area contributed by atoms with Gasteiger partial charge in [0.15, 0.2) is 18.0 Å². The second-order valence-electron chi connectivity index (χ2n) is 6.97. The van der Waals surface area contributed by atoms with E-state index in [0.717, 1.165) is 34.9 Å². The van der Waals surface area contributed by atoms with Crippen LogP contribution in [0.1, 0.15) is 11.8 Å². The molecule has 12 nitrogen and oxygen atoms in total. The number of alkyl halides is 4. The molecule has 4 rings (SSSR count). The van der Waals surface area contributed by atoms with Crippen molar-refractivity contribution in [3.8, 4) is 0 Å². The Labute approximate surface area is 192 Å². The minimum absolute atomic E-state index is 0.00484. The average molecular weight is 525 g/mol. The number of pyridine rings is 1. The Morgan fingerprint density at radius 2 is 2.00 bits per heavy atom. The van der Waals surface area contributed by atoms with Gasteiger partial charge in [-0.1, -0.05) is 0 Å². The lowest BCUT2D eigenvalue weighted by molar-refractivity contribution is -0.137. The van der Waals surface area contributed by atoms with Gasteiger partial charge in [-0.15, -0.1) is 0 Å². The van der Waals surface area contributed by atoms with Gasteiger partial charge in [0, 0.05) is 6.20 Å². The standard InChI is InChI=1S/C16H15F4N7O5S2/c17-10-11(28)7(4-31-34(22,29)30)32-15(10)27-13-9(12(21)24-5-25-13)14(26-27)33-8-2-1-6(3-23-8)16(18,19)20/h1-3,5,7,10-11,15,28H,4H2,(H2,21,24,25)(H2,22,29,30)/t7-,10+,11-,15-/m1/s1. The number of nitrogens with two attached hydrogens (primary N) is 2. The summed E-state index contributed by atoms with van der Waals surface area (Å²) in [6.07, 6.45) is -9.72. The van der Waals surface area contributed by atoms with E-state index >= 15 is 0 Å². The normalized spacial score (nSPS) is 23.6. The molecule has 184 valence electrons. The molecule has 0 spiro atoms. The van der Waals surface area contributed by atoms with Gasteiger partial charge in [0.1, 0.15) is 34.4 Å². The van der Waals surface area contributed by atoms with E-state index in [1.54, 1.807) is 0 Å². The van der Waals surface area contributed by atoms with Crippen molar-refractivity contribution in [2.75, 3.05) is 12.3 Å². The van der Waals surface area contributed by atoms with Crippen molar-refractivity contribution in [2.45, 2.75) is 40.8 Å². The first-order chi connectivity index (χ1) is 15.8. The van der Waals surface area contributed by atoms with Crippen molar-refractivity contribution < 1.29 is 40.0 Å². The fourth-order valence-corrected chi connectivity index (χ4v) is 4.31. The second-order valence-corrected chi connectivity index (χ2v) is 9.20. The Morgan fingerprint density at radius 1 is 1.26 bits per heavy atom. The molecule has 0 saturated carbocycles. The smallest absolute Gasteiger partial charge is 0.387 e. The van der Waals surface area contributed by atoms with Crippen LogP contribution in [0.3, 0.4) is 0 Å². The van der Waals surface area contributed by atoms with Crippen LogP contribution in [0.15, 0.2) is 34.7 Å². The van der Waals surface area contributed by atoms with Gasteiger partial charge < -0.3 is 15.6 Å². The van der Waals surface area contributed by atoms with Crippen molar-refractivity contribution in [1.29, 1.82) is 0 Å². The molecule has 1 saturated heterocycles. The van der Waals surface area contributed by atoms with Crippen molar-refractivity contribution in [1.82, 2.24) is 24.7 Å².